The lowest BCUT2D eigenvalue weighted by Crippen LogP contribution is -2.66. The van der Waals surface area contributed by atoms with Crippen molar-refractivity contribution in [2.75, 3.05) is 0 Å². The molecule has 0 aromatic heterocycles. The SMILES string of the molecule is Cc1cc(O)cc2c1O[C@]1(C)CC[C@@H]3[C@](C)(CC[C@H]4C(C)(C)[C@@H](O)CC[C@]34C)[C@@H]1C2. The van der Waals surface area contributed by atoms with Crippen LogP contribution in [0.15, 0.2) is 12.1 Å². The van der Waals surface area contributed by atoms with Gasteiger partial charge in [0.15, 0.2) is 0 Å². The fourth-order valence-corrected chi connectivity index (χ4v) is 9.11. The highest BCUT2D eigenvalue weighted by Gasteiger charge is 2.66. The van der Waals surface area contributed by atoms with Crippen molar-refractivity contribution in [1.29, 1.82) is 0 Å². The number of ether oxygens (including phenoxy) is 1. The second kappa shape index (κ2) is 6.18. The van der Waals surface area contributed by atoms with Crippen LogP contribution in [0.5, 0.6) is 11.5 Å². The number of hydrogen-bond donors (Lipinski definition) is 2. The Balaban J connectivity index is 1.56. The van der Waals surface area contributed by atoms with E-state index in [1.165, 1.54) is 24.8 Å². The minimum Gasteiger partial charge on any atom is -0.508 e. The normalized spacial score (nSPS) is 46.6. The molecule has 30 heavy (non-hydrogen) atoms. The number of aromatic hydroxyl groups is 1. The number of phenolic OH excluding ortho intramolecular Hbond substituents is 1. The van der Waals surface area contributed by atoms with Crippen LogP contribution in [0.1, 0.15) is 84.3 Å². The highest BCUT2D eigenvalue weighted by molar-refractivity contribution is 5.48. The summed E-state index contributed by atoms with van der Waals surface area (Å²) in [5, 5.41) is 21.0. The van der Waals surface area contributed by atoms with Crippen LogP contribution in [0.4, 0.5) is 0 Å². The maximum absolute atomic E-state index is 10.8. The number of phenols is 1. The van der Waals surface area contributed by atoms with Crippen LogP contribution in [0.2, 0.25) is 0 Å². The van der Waals surface area contributed by atoms with Crippen molar-refractivity contribution >= 4 is 0 Å². The monoisotopic (exact) mass is 412 g/mol. The maximum atomic E-state index is 10.8. The van der Waals surface area contributed by atoms with Gasteiger partial charge in [-0.3, -0.25) is 0 Å². The lowest BCUT2D eigenvalue weighted by molar-refractivity contribution is -0.223. The van der Waals surface area contributed by atoms with E-state index in [4.69, 9.17) is 4.74 Å². The average Bonchev–Trinajstić information content (AvgIpc) is 2.64. The van der Waals surface area contributed by atoms with E-state index in [2.05, 4.69) is 41.5 Å². The summed E-state index contributed by atoms with van der Waals surface area (Å²) in [6, 6.07) is 3.76. The number of hydrogen-bond acceptors (Lipinski definition) is 3. The smallest absolute Gasteiger partial charge is 0.126 e. The quantitative estimate of drug-likeness (QED) is 0.547. The molecule has 0 spiro atoms. The molecule has 3 fully saturated rings. The van der Waals surface area contributed by atoms with Gasteiger partial charge in [-0.1, -0.05) is 27.7 Å². The first-order chi connectivity index (χ1) is 13.9. The lowest BCUT2D eigenvalue weighted by atomic mass is 9.37. The topological polar surface area (TPSA) is 49.7 Å². The fraction of sp³-hybridized carbons (Fsp3) is 0.778. The van der Waals surface area contributed by atoms with Gasteiger partial charge in [0.2, 0.25) is 0 Å². The summed E-state index contributed by atoms with van der Waals surface area (Å²) in [7, 11) is 0. The van der Waals surface area contributed by atoms with E-state index < -0.39 is 0 Å². The molecule has 5 rings (SSSR count). The van der Waals surface area contributed by atoms with Crippen molar-refractivity contribution in [1.82, 2.24) is 0 Å². The van der Waals surface area contributed by atoms with E-state index in [1.54, 1.807) is 0 Å². The van der Waals surface area contributed by atoms with E-state index in [0.717, 1.165) is 37.0 Å². The van der Waals surface area contributed by atoms with Gasteiger partial charge in [0.1, 0.15) is 17.1 Å². The first-order valence-corrected chi connectivity index (χ1v) is 12.1. The molecule has 3 nitrogen and oxygen atoms in total. The molecule has 3 aliphatic carbocycles. The van der Waals surface area contributed by atoms with Crippen molar-refractivity contribution in [3.63, 3.8) is 0 Å². The summed E-state index contributed by atoms with van der Waals surface area (Å²) in [6.45, 7) is 14.1. The summed E-state index contributed by atoms with van der Waals surface area (Å²) >= 11 is 0. The third kappa shape index (κ3) is 2.54. The predicted molar refractivity (Wildman–Crippen MR) is 120 cm³/mol. The van der Waals surface area contributed by atoms with Crippen LogP contribution < -0.4 is 4.74 Å². The molecule has 0 bridgehead atoms. The zero-order valence-electron chi connectivity index (χ0n) is 19.7. The van der Waals surface area contributed by atoms with E-state index in [0.29, 0.717) is 23.5 Å². The van der Waals surface area contributed by atoms with Gasteiger partial charge >= 0.3 is 0 Å². The molecule has 1 aromatic rings. The molecule has 0 unspecified atom stereocenters. The van der Waals surface area contributed by atoms with Crippen LogP contribution in [-0.4, -0.2) is 21.9 Å². The Morgan fingerprint density at radius 3 is 2.23 bits per heavy atom. The van der Waals surface area contributed by atoms with Gasteiger partial charge in [0.05, 0.1) is 6.10 Å². The minimum absolute atomic E-state index is 0.00630. The molecular weight excluding hydrogens is 372 g/mol. The molecule has 7 atom stereocenters. The van der Waals surface area contributed by atoms with Gasteiger partial charge in [-0.15, -0.1) is 0 Å². The molecule has 3 heteroatoms. The Hall–Kier alpha value is -1.22. The maximum Gasteiger partial charge on any atom is 0.126 e. The van der Waals surface area contributed by atoms with Gasteiger partial charge in [-0.2, -0.15) is 0 Å². The number of fused-ring (bicyclic) bond motifs is 6. The number of benzene rings is 1. The van der Waals surface area contributed by atoms with E-state index >= 15 is 0 Å². The second-order valence-corrected chi connectivity index (χ2v) is 12.5. The van der Waals surface area contributed by atoms with Gasteiger partial charge in [-0.25, -0.2) is 0 Å². The van der Waals surface area contributed by atoms with Crippen molar-refractivity contribution in [2.24, 2.45) is 34.0 Å². The van der Waals surface area contributed by atoms with Gasteiger partial charge in [-0.05, 0) is 110 Å². The summed E-state index contributed by atoms with van der Waals surface area (Å²) < 4.78 is 6.80. The molecule has 0 radical (unpaired) electrons. The standard InChI is InChI=1S/C27H40O3/c1-16-13-18(28)14-17-15-21-26(5)10-7-19-24(2,3)22(29)9-11-25(19,4)20(26)8-12-27(21,6)30-23(16)17/h13-14,19-22,28-29H,7-12,15H2,1-6H3/t19-,20-,21-,22-,25-,26-,27+/m0/s1. The van der Waals surface area contributed by atoms with E-state index in [-0.39, 0.29) is 27.9 Å². The Bertz CT molecular complexity index is 875. The molecule has 1 heterocycles. The molecule has 0 amide bonds. The first kappa shape index (κ1) is 20.7. The van der Waals surface area contributed by atoms with Crippen molar-refractivity contribution < 1.29 is 14.9 Å². The molecule has 0 saturated heterocycles. The number of aryl methyl sites for hydroxylation is 1. The van der Waals surface area contributed by atoms with Crippen LogP contribution in [-0.2, 0) is 6.42 Å². The minimum atomic E-state index is -0.176. The van der Waals surface area contributed by atoms with Crippen molar-refractivity contribution in [3.05, 3.63) is 23.3 Å². The number of aliphatic hydroxyl groups excluding tert-OH is 1. The van der Waals surface area contributed by atoms with Gasteiger partial charge < -0.3 is 14.9 Å². The Labute approximate surface area is 182 Å². The highest BCUT2D eigenvalue weighted by atomic mass is 16.5. The number of aliphatic hydroxyl groups is 1. The molecule has 4 aliphatic rings. The molecule has 2 N–H and O–H groups in total. The van der Waals surface area contributed by atoms with Crippen LogP contribution in [0.3, 0.4) is 0 Å². The van der Waals surface area contributed by atoms with E-state index in [1.807, 2.05) is 12.1 Å². The molecule has 3 saturated carbocycles. The second-order valence-electron chi connectivity index (χ2n) is 12.5. The molecule has 166 valence electrons. The fourth-order valence-electron chi connectivity index (χ4n) is 9.11. The predicted octanol–water partition coefficient (Wildman–Crippen LogP) is 6.02. The zero-order chi connectivity index (χ0) is 21.7. The Kier molecular flexibility index (Phi) is 4.26. The van der Waals surface area contributed by atoms with Crippen molar-refractivity contribution in [3.8, 4) is 11.5 Å². The molecule has 1 aliphatic heterocycles. The summed E-state index contributed by atoms with van der Waals surface area (Å²) in [5.74, 6) is 3.08. The highest BCUT2D eigenvalue weighted by Crippen LogP contribution is 2.70. The Morgan fingerprint density at radius 2 is 1.50 bits per heavy atom. The largest absolute Gasteiger partial charge is 0.508 e. The summed E-state index contributed by atoms with van der Waals surface area (Å²) in [5.41, 5.74) is 2.61. The summed E-state index contributed by atoms with van der Waals surface area (Å²) in [6.07, 6.45) is 7.63. The Morgan fingerprint density at radius 1 is 0.867 bits per heavy atom. The number of rotatable bonds is 0. The third-order valence-electron chi connectivity index (χ3n) is 10.6. The molecule has 1 aromatic carbocycles. The van der Waals surface area contributed by atoms with Crippen LogP contribution in [0, 0.1) is 40.9 Å². The van der Waals surface area contributed by atoms with Gasteiger partial charge in [0, 0.05) is 5.92 Å². The average molecular weight is 413 g/mol. The third-order valence-corrected chi connectivity index (χ3v) is 10.6. The van der Waals surface area contributed by atoms with Crippen LogP contribution >= 0.6 is 0 Å². The zero-order valence-corrected chi connectivity index (χ0v) is 19.7. The van der Waals surface area contributed by atoms with E-state index in [9.17, 15) is 10.2 Å². The lowest BCUT2D eigenvalue weighted by Gasteiger charge is -2.69. The summed E-state index contributed by atoms with van der Waals surface area (Å²) in [4.78, 5) is 0. The van der Waals surface area contributed by atoms with Crippen molar-refractivity contribution in [2.45, 2.75) is 98.2 Å². The first-order valence-electron chi connectivity index (χ1n) is 12.1. The van der Waals surface area contributed by atoms with Crippen LogP contribution in [0.25, 0.3) is 0 Å². The molecular formula is C27H40O3. The van der Waals surface area contributed by atoms with Gasteiger partial charge in [0.25, 0.3) is 0 Å².